The van der Waals surface area contributed by atoms with Crippen molar-refractivity contribution < 1.29 is 19.4 Å². The molecule has 3 N–H and O–H groups in total. The normalized spacial score (nSPS) is 23.4. The van der Waals surface area contributed by atoms with Crippen LogP contribution in [-0.2, 0) is 14.3 Å². The Hall–Kier alpha value is -0.650. The first-order valence-corrected chi connectivity index (χ1v) is 4.85. The van der Waals surface area contributed by atoms with Crippen LogP contribution in [0, 0.1) is 5.92 Å². The fourth-order valence-corrected chi connectivity index (χ4v) is 1.28. The van der Waals surface area contributed by atoms with Gasteiger partial charge in [0.15, 0.2) is 0 Å². The van der Waals surface area contributed by atoms with Crippen LogP contribution in [0.2, 0.25) is 0 Å². The molecule has 2 atom stereocenters. The molecule has 1 aliphatic heterocycles. The minimum absolute atomic E-state index is 0.0944. The van der Waals surface area contributed by atoms with E-state index in [-0.39, 0.29) is 13.0 Å². The van der Waals surface area contributed by atoms with Crippen molar-refractivity contribution in [2.75, 3.05) is 26.4 Å². The van der Waals surface area contributed by atoms with E-state index in [0.29, 0.717) is 19.1 Å². The van der Waals surface area contributed by atoms with Crippen LogP contribution in [0.4, 0.5) is 0 Å². The summed E-state index contributed by atoms with van der Waals surface area (Å²) < 4.78 is 10.1. The van der Waals surface area contributed by atoms with Gasteiger partial charge >= 0.3 is 5.97 Å². The van der Waals surface area contributed by atoms with Gasteiger partial charge in [-0.05, 0) is 12.8 Å². The van der Waals surface area contributed by atoms with E-state index in [1.807, 2.05) is 0 Å². The number of hydrogen-bond acceptors (Lipinski definition) is 5. The summed E-state index contributed by atoms with van der Waals surface area (Å²) in [6.45, 7) is 1.67. The van der Waals surface area contributed by atoms with Gasteiger partial charge in [0.25, 0.3) is 0 Å². The van der Waals surface area contributed by atoms with E-state index in [0.717, 1.165) is 13.0 Å². The number of ether oxygens (including phenoxy) is 2. The predicted molar refractivity (Wildman–Crippen MR) is 49.6 cm³/mol. The Bertz CT molecular complexity index is 180. The Balaban J connectivity index is 2.13. The molecule has 0 radical (unpaired) electrons. The van der Waals surface area contributed by atoms with Crippen molar-refractivity contribution in [3.05, 3.63) is 0 Å². The molecule has 1 heterocycles. The summed E-state index contributed by atoms with van der Waals surface area (Å²) in [6, 6.07) is -0.706. The molecule has 5 heteroatoms. The first kappa shape index (κ1) is 11.4. The summed E-state index contributed by atoms with van der Waals surface area (Å²) in [6.07, 6.45) is 1.18. The zero-order valence-electron chi connectivity index (χ0n) is 8.15. The highest BCUT2D eigenvalue weighted by atomic mass is 16.5. The SMILES string of the molecule is N[C@H](CCO)C(=O)OCC1CCOC1. The molecule has 1 aliphatic rings. The van der Waals surface area contributed by atoms with Gasteiger partial charge in [0, 0.05) is 19.1 Å². The number of rotatable bonds is 5. The van der Waals surface area contributed by atoms with Crippen molar-refractivity contribution in [2.24, 2.45) is 11.7 Å². The Labute approximate surface area is 83.2 Å². The molecule has 0 amide bonds. The molecule has 1 rings (SSSR count). The highest BCUT2D eigenvalue weighted by Crippen LogP contribution is 2.12. The first-order chi connectivity index (χ1) is 6.74. The number of aliphatic hydroxyl groups excluding tert-OH is 1. The van der Waals surface area contributed by atoms with Gasteiger partial charge in [0.1, 0.15) is 6.04 Å². The predicted octanol–water partition coefficient (Wildman–Crippen LogP) is -0.724. The lowest BCUT2D eigenvalue weighted by molar-refractivity contribution is -0.147. The number of carbonyl (C=O) groups is 1. The highest BCUT2D eigenvalue weighted by Gasteiger charge is 2.20. The summed E-state index contributed by atoms with van der Waals surface area (Å²) in [5.74, 6) is -0.133. The molecule has 1 fully saturated rings. The molecular formula is C9H17NO4. The number of aliphatic hydroxyl groups is 1. The van der Waals surface area contributed by atoms with E-state index in [1.165, 1.54) is 0 Å². The largest absolute Gasteiger partial charge is 0.464 e. The minimum atomic E-state index is -0.706. The Kier molecular flexibility index (Phi) is 4.86. The summed E-state index contributed by atoms with van der Waals surface area (Å²) in [5.41, 5.74) is 5.45. The van der Waals surface area contributed by atoms with Crippen molar-refractivity contribution in [3.63, 3.8) is 0 Å². The molecule has 1 unspecified atom stereocenters. The number of esters is 1. The third kappa shape index (κ3) is 3.61. The maximum atomic E-state index is 11.2. The monoisotopic (exact) mass is 203 g/mol. The zero-order chi connectivity index (χ0) is 10.4. The summed E-state index contributed by atoms with van der Waals surface area (Å²) in [7, 11) is 0. The molecule has 0 aromatic heterocycles. The number of nitrogens with two attached hydrogens (primary N) is 1. The van der Waals surface area contributed by atoms with E-state index in [2.05, 4.69) is 0 Å². The van der Waals surface area contributed by atoms with Crippen LogP contribution in [0.1, 0.15) is 12.8 Å². The topological polar surface area (TPSA) is 81.8 Å². The van der Waals surface area contributed by atoms with Crippen LogP contribution < -0.4 is 5.73 Å². The van der Waals surface area contributed by atoms with Crippen LogP contribution in [0.25, 0.3) is 0 Å². The van der Waals surface area contributed by atoms with E-state index in [4.69, 9.17) is 20.3 Å². The quantitative estimate of drug-likeness (QED) is 0.576. The average Bonchev–Trinajstić information content (AvgIpc) is 2.67. The molecule has 0 spiro atoms. The molecule has 0 aromatic rings. The van der Waals surface area contributed by atoms with Gasteiger partial charge in [-0.2, -0.15) is 0 Å². The highest BCUT2D eigenvalue weighted by molar-refractivity contribution is 5.75. The summed E-state index contributed by atoms with van der Waals surface area (Å²) in [5, 5.41) is 8.56. The average molecular weight is 203 g/mol. The van der Waals surface area contributed by atoms with E-state index < -0.39 is 12.0 Å². The van der Waals surface area contributed by atoms with Crippen molar-refractivity contribution in [3.8, 4) is 0 Å². The Morgan fingerprint density at radius 3 is 3.07 bits per heavy atom. The van der Waals surface area contributed by atoms with Crippen LogP contribution in [-0.4, -0.2) is 43.5 Å². The van der Waals surface area contributed by atoms with Crippen LogP contribution in [0.15, 0.2) is 0 Å². The molecular weight excluding hydrogens is 186 g/mol. The Morgan fingerprint density at radius 1 is 1.71 bits per heavy atom. The van der Waals surface area contributed by atoms with Crippen LogP contribution in [0.5, 0.6) is 0 Å². The molecule has 1 saturated heterocycles. The molecule has 82 valence electrons. The third-order valence-corrected chi connectivity index (χ3v) is 2.23. The van der Waals surface area contributed by atoms with Gasteiger partial charge < -0.3 is 20.3 Å². The van der Waals surface area contributed by atoms with Gasteiger partial charge in [-0.15, -0.1) is 0 Å². The van der Waals surface area contributed by atoms with Gasteiger partial charge in [-0.1, -0.05) is 0 Å². The lowest BCUT2D eigenvalue weighted by atomic mass is 10.1. The van der Waals surface area contributed by atoms with E-state index in [1.54, 1.807) is 0 Å². The molecule has 0 aliphatic carbocycles. The van der Waals surface area contributed by atoms with Gasteiger partial charge in [-0.25, -0.2) is 0 Å². The molecule has 14 heavy (non-hydrogen) atoms. The van der Waals surface area contributed by atoms with Crippen molar-refractivity contribution in [1.29, 1.82) is 0 Å². The lowest BCUT2D eigenvalue weighted by Crippen LogP contribution is -2.34. The van der Waals surface area contributed by atoms with Crippen LogP contribution >= 0.6 is 0 Å². The summed E-state index contributed by atoms with van der Waals surface area (Å²) >= 11 is 0. The van der Waals surface area contributed by atoms with Gasteiger partial charge in [-0.3, -0.25) is 4.79 Å². The van der Waals surface area contributed by atoms with Crippen molar-refractivity contribution in [2.45, 2.75) is 18.9 Å². The Morgan fingerprint density at radius 2 is 2.50 bits per heavy atom. The fraction of sp³-hybridized carbons (Fsp3) is 0.889. The molecule has 0 aromatic carbocycles. The minimum Gasteiger partial charge on any atom is -0.464 e. The smallest absolute Gasteiger partial charge is 0.323 e. The zero-order valence-corrected chi connectivity index (χ0v) is 8.15. The van der Waals surface area contributed by atoms with E-state index >= 15 is 0 Å². The second-order valence-corrected chi connectivity index (χ2v) is 3.48. The van der Waals surface area contributed by atoms with Gasteiger partial charge in [0.05, 0.1) is 13.2 Å². The lowest BCUT2D eigenvalue weighted by Gasteiger charge is -2.12. The van der Waals surface area contributed by atoms with Gasteiger partial charge in [0.2, 0.25) is 0 Å². The van der Waals surface area contributed by atoms with Crippen molar-refractivity contribution >= 4 is 5.97 Å². The van der Waals surface area contributed by atoms with E-state index in [9.17, 15) is 4.79 Å². The molecule has 5 nitrogen and oxygen atoms in total. The molecule has 0 saturated carbocycles. The molecule has 0 bridgehead atoms. The maximum absolute atomic E-state index is 11.2. The fourth-order valence-electron chi connectivity index (χ4n) is 1.28. The third-order valence-electron chi connectivity index (χ3n) is 2.23. The number of hydrogen-bond donors (Lipinski definition) is 2. The van der Waals surface area contributed by atoms with Crippen LogP contribution in [0.3, 0.4) is 0 Å². The second kappa shape index (κ2) is 5.95. The number of carbonyl (C=O) groups excluding carboxylic acids is 1. The first-order valence-electron chi connectivity index (χ1n) is 4.85. The maximum Gasteiger partial charge on any atom is 0.323 e. The standard InChI is InChI=1S/C9H17NO4/c10-8(1-3-11)9(12)14-6-7-2-4-13-5-7/h7-8,11H,1-6,10H2/t7?,8-/m1/s1. The second-order valence-electron chi connectivity index (χ2n) is 3.48. The summed E-state index contributed by atoms with van der Waals surface area (Å²) in [4.78, 5) is 11.2. The van der Waals surface area contributed by atoms with Crippen molar-refractivity contribution in [1.82, 2.24) is 0 Å².